The number of aliphatic hydroxyl groups is 1. The van der Waals surface area contributed by atoms with Crippen molar-refractivity contribution in [3.05, 3.63) is 58.9 Å². The zero-order valence-electron chi connectivity index (χ0n) is 12.4. The molecule has 2 aromatic rings. The fourth-order valence-electron chi connectivity index (χ4n) is 2.74. The molecule has 114 valence electrons. The third-order valence-corrected chi connectivity index (χ3v) is 3.79. The quantitative estimate of drug-likeness (QED) is 0.916. The van der Waals surface area contributed by atoms with E-state index >= 15 is 0 Å². The van der Waals surface area contributed by atoms with Gasteiger partial charge in [0.1, 0.15) is 17.4 Å². The molecule has 0 spiro atoms. The Morgan fingerprint density at radius 2 is 2.00 bits per heavy atom. The molecule has 2 aromatic carbocycles. The summed E-state index contributed by atoms with van der Waals surface area (Å²) in [6.07, 6.45) is 0. The van der Waals surface area contributed by atoms with Crippen LogP contribution in [0.3, 0.4) is 0 Å². The molecule has 4 nitrogen and oxygen atoms in total. The Balaban J connectivity index is 2.24. The van der Waals surface area contributed by atoms with Crippen LogP contribution in [-0.2, 0) is 5.60 Å². The first-order chi connectivity index (χ1) is 10.5. The lowest BCUT2D eigenvalue weighted by atomic mass is 9.85. The van der Waals surface area contributed by atoms with Crippen molar-refractivity contribution in [3.63, 3.8) is 0 Å². The van der Waals surface area contributed by atoms with Crippen molar-refractivity contribution in [2.24, 2.45) is 10.7 Å². The number of hydrogen-bond acceptors (Lipinski definition) is 4. The van der Waals surface area contributed by atoms with E-state index in [-0.39, 0.29) is 11.6 Å². The highest BCUT2D eigenvalue weighted by Crippen LogP contribution is 2.45. The van der Waals surface area contributed by atoms with E-state index in [2.05, 4.69) is 4.99 Å². The molecule has 1 atom stereocenters. The second-order valence-electron chi connectivity index (χ2n) is 5.30. The minimum Gasteiger partial charge on any atom is -0.493 e. The molecule has 1 unspecified atom stereocenters. The van der Waals surface area contributed by atoms with Crippen LogP contribution >= 0.6 is 0 Å². The maximum Gasteiger partial charge on any atom is 0.178 e. The number of aliphatic imine (C=N–C) groups is 1. The number of amidine groups is 1. The van der Waals surface area contributed by atoms with Crippen LogP contribution in [0.15, 0.2) is 41.4 Å². The number of halogens is 1. The molecule has 0 saturated carbocycles. The van der Waals surface area contributed by atoms with E-state index in [4.69, 9.17) is 10.5 Å². The number of rotatable bonds is 3. The molecule has 1 heterocycles. The monoisotopic (exact) mass is 300 g/mol. The first-order valence-corrected chi connectivity index (χ1v) is 7.07. The van der Waals surface area contributed by atoms with Gasteiger partial charge in [-0.05, 0) is 32.0 Å². The van der Waals surface area contributed by atoms with E-state index in [0.717, 1.165) is 5.56 Å². The summed E-state index contributed by atoms with van der Waals surface area (Å²) in [5.41, 5.74) is 6.94. The predicted molar refractivity (Wildman–Crippen MR) is 83.0 cm³/mol. The summed E-state index contributed by atoms with van der Waals surface area (Å²) in [7, 11) is 0. The van der Waals surface area contributed by atoms with Gasteiger partial charge in [0.05, 0.1) is 12.3 Å². The van der Waals surface area contributed by atoms with Gasteiger partial charge in [-0.1, -0.05) is 17.7 Å². The number of nitrogens with two attached hydrogens (primary N) is 1. The molecule has 1 aliphatic heterocycles. The van der Waals surface area contributed by atoms with Crippen LogP contribution in [0.5, 0.6) is 5.75 Å². The fraction of sp³-hybridized carbons (Fsp3) is 0.235. The molecule has 5 heteroatoms. The predicted octanol–water partition coefficient (Wildman–Crippen LogP) is 2.77. The van der Waals surface area contributed by atoms with E-state index in [9.17, 15) is 9.50 Å². The number of benzene rings is 2. The van der Waals surface area contributed by atoms with E-state index in [1.54, 1.807) is 13.0 Å². The fourth-order valence-corrected chi connectivity index (χ4v) is 2.74. The molecule has 0 aromatic heterocycles. The minimum absolute atomic E-state index is 0.0562. The largest absolute Gasteiger partial charge is 0.493 e. The van der Waals surface area contributed by atoms with Gasteiger partial charge in [0, 0.05) is 17.2 Å². The first kappa shape index (κ1) is 14.5. The lowest BCUT2D eigenvalue weighted by molar-refractivity contribution is 0.152. The lowest BCUT2D eigenvalue weighted by Crippen LogP contribution is -2.40. The summed E-state index contributed by atoms with van der Waals surface area (Å²) >= 11 is 0. The number of hydrogen-bond donors (Lipinski definition) is 2. The van der Waals surface area contributed by atoms with Crippen molar-refractivity contribution >= 4 is 11.5 Å². The van der Waals surface area contributed by atoms with E-state index in [1.807, 2.05) is 19.1 Å². The van der Waals surface area contributed by atoms with Crippen molar-refractivity contribution in [2.75, 3.05) is 6.61 Å². The third-order valence-electron chi connectivity index (χ3n) is 3.79. The van der Waals surface area contributed by atoms with Crippen LogP contribution in [0.2, 0.25) is 0 Å². The summed E-state index contributed by atoms with van der Waals surface area (Å²) in [4.78, 5) is 4.24. The smallest absolute Gasteiger partial charge is 0.178 e. The molecular weight excluding hydrogens is 283 g/mol. The number of ether oxygens (including phenoxy) is 1. The Bertz CT molecular complexity index is 773. The van der Waals surface area contributed by atoms with E-state index in [1.165, 1.54) is 18.2 Å². The minimum atomic E-state index is -1.61. The standard InChI is InChI=1S/C17H17FN2O2/c1-3-22-15-9-11(18)5-6-12(15)17(21)13-8-10(2)4-7-14(13)20-16(17)19/h4-9,21H,3H2,1-2H3,(H2,19,20). The molecule has 0 radical (unpaired) electrons. The van der Waals surface area contributed by atoms with Crippen LogP contribution in [0.1, 0.15) is 23.6 Å². The van der Waals surface area contributed by atoms with Gasteiger partial charge in [0.25, 0.3) is 0 Å². The molecular formula is C17H17FN2O2. The Labute approximate surface area is 128 Å². The SMILES string of the molecule is CCOc1cc(F)ccc1C1(O)C(N)=Nc2ccc(C)cc21. The number of fused-ring (bicyclic) bond motifs is 1. The van der Waals surface area contributed by atoms with Gasteiger partial charge in [-0.2, -0.15) is 0 Å². The second-order valence-corrected chi connectivity index (χ2v) is 5.30. The van der Waals surface area contributed by atoms with Crippen molar-refractivity contribution < 1.29 is 14.2 Å². The third kappa shape index (κ3) is 2.05. The van der Waals surface area contributed by atoms with Crippen molar-refractivity contribution in [1.82, 2.24) is 0 Å². The van der Waals surface area contributed by atoms with Crippen molar-refractivity contribution in [1.29, 1.82) is 0 Å². The van der Waals surface area contributed by atoms with Gasteiger partial charge in [-0.25, -0.2) is 9.38 Å². The number of nitrogens with zero attached hydrogens (tertiary/aromatic N) is 1. The molecule has 3 N–H and O–H groups in total. The highest BCUT2D eigenvalue weighted by Gasteiger charge is 2.44. The molecule has 1 aliphatic rings. The van der Waals surface area contributed by atoms with Crippen LogP contribution in [0.4, 0.5) is 10.1 Å². The Morgan fingerprint density at radius 1 is 1.23 bits per heavy atom. The van der Waals surface area contributed by atoms with Gasteiger partial charge in [0.15, 0.2) is 5.60 Å². The summed E-state index contributed by atoms with van der Waals surface area (Å²) < 4.78 is 19.0. The molecule has 0 amide bonds. The zero-order valence-corrected chi connectivity index (χ0v) is 12.4. The zero-order chi connectivity index (χ0) is 15.9. The Morgan fingerprint density at radius 3 is 2.73 bits per heavy atom. The molecule has 0 aliphatic carbocycles. The molecule has 22 heavy (non-hydrogen) atoms. The van der Waals surface area contributed by atoms with Gasteiger partial charge in [-0.3, -0.25) is 0 Å². The van der Waals surface area contributed by atoms with Crippen LogP contribution < -0.4 is 10.5 Å². The molecule has 0 bridgehead atoms. The van der Waals surface area contributed by atoms with Gasteiger partial charge in [0.2, 0.25) is 0 Å². The maximum atomic E-state index is 13.5. The van der Waals surface area contributed by atoms with Crippen molar-refractivity contribution in [3.8, 4) is 5.75 Å². The van der Waals surface area contributed by atoms with Gasteiger partial charge in [-0.15, -0.1) is 0 Å². The Hall–Kier alpha value is -2.40. The van der Waals surface area contributed by atoms with E-state index in [0.29, 0.717) is 23.4 Å². The van der Waals surface area contributed by atoms with Gasteiger partial charge >= 0.3 is 0 Å². The summed E-state index contributed by atoms with van der Waals surface area (Å²) in [6.45, 7) is 4.07. The normalized spacial score (nSPS) is 19.7. The highest BCUT2D eigenvalue weighted by atomic mass is 19.1. The summed E-state index contributed by atoms with van der Waals surface area (Å²) in [5.74, 6) is -0.119. The second kappa shape index (κ2) is 5.10. The maximum absolute atomic E-state index is 13.5. The van der Waals surface area contributed by atoms with Crippen LogP contribution in [-0.4, -0.2) is 17.5 Å². The summed E-state index contributed by atoms with van der Waals surface area (Å²) in [6, 6.07) is 9.54. The number of aryl methyl sites for hydroxylation is 1. The molecule has 3 rings (SSSR count). The van der Waals surface area contributed by atoms with Crippen LogP contribution in [0, 0.1) is 12.7 Å². The lowest BCUT2D eigenvalue weighted by Gasteiger charge is -2.27. The highest BCUT2D eigenvalue weighted by molar-refractivity contribution is 6.01. The molecule has 0 saturated heterocycles. The summed E-state index contributed by atoms with van der Waals surface area (Å²) in [5, 5.41) is 11.2. The van der Waals surface area contributed by atoms with E-state index < -0.39 is 11.4 Å². The van der Waals surface area contributed by atoms with Crippen molar-refractivity contribution in [2.45, 2.75) is 19.4 Å². The van der Waals surface area contributed by atoms with Crippen LogP contribution in [0.25, 0.3) is 0 Å². The Kier molecular flexibility index (Phi) is 3.37. The average molecular weight is 300 g/mol. The molecule has 0 fully saturated rings. The average Bonchev–Trinajstić information content (AvgIpc) is 2.72. The topological polar surface area (TPSA) is 67.8 Å². The van der Waals surface area contributed by atoms with Gasteiger partial charge < -0.3 is 15.6 Å². The first-order valence-electron chi connectivity index (χ1n) is 7.07.